The smallest absolute Gasteiger partial charge is 0.294 e. The molecule has 0 unspecified atom stereocenters. The first kappa shape index (κ1) is 9.32. The Morgan fingerprint density at radius 2 is 2.33 bits per heavy atom. The van der Waals surface area contributed by atoms with Crippen molar-refractivity contribution in [1.29, 1.82) is 0 Å². The summed E-state index contributed by atoms with van der Waals surface area (Å²) in [5, 5.41) is 8.66. The lowest BCUT2D eigenvalue weighted by atomic mass is 10.3. The zero-order valence-electron chi connectivity index (χ0n) is 8.06. The number of amides is 1. The minimum absolute atomic E-state index is 0.165. The van der Waals surface area contributed by atoms with Gasteiger partial charge in [-0.15, -0.1) is 0 Å². The van der Waals surface area contributed by atoms with Crippen LogP contribution in [-0.4, -0.2) is 26.1 Å². The highest BCUT2D eigenvalue weighted by Crippen LogP contribution is 2.05. The van der Waals surface area contributed by atoms with Gasteiger partial charge in [-0.1, -0.05) is 0 Å². The number of anilines is 1. The number of H-pyrrole nitrogens is 1. The molecule has 2 aromatic rings. The molecule has 2 aromatic heterocycles. The third kappa shape index (κ3) is 2.16. The van der Waals surface area contributed by atoms with E-state index in [1.165, 1.54) is 6.33 Å². The Hall–Kier alpha value is -2.24. The van der Waals surface area contributed by atoms with Crippen molar-refractivity contribution in [1.82, 2.24) is 20.2 Å². The van der Waals surface area contributed by atoms with Crippen LogP contribution in [0.15, 0.2) is 24.7 Å². The molecule has 0 saturated heterocycles. The van der Waals surface area contributed by atoms with E-state index in [9.17, 15) is 4.79 Å². The lowest BCUT2D eigenvalue weighted by Gasteiger charge is -2.01. The molecule has 0 spiro atoms. The maximum Gasteiger partial charge on any atom is 0.294 e. The lowest BCUT2D eigenvalue weighted by Crippen LogP contribution is -2.14. The van der Waals surface area contributed by atoms with Crippen LogP contribution >= 0.6 is 0 Å². The Labute approximate surface area is 85.8 Å². The molecule has 0 fully saturated rings. The standard InChI is InChI=1S/C9H9N5O/c1-6-2-3-10-7(4-6)13-9(15)8-11-5-12-14-8/h2-5H,1H3,(H,10,13,15)(H,11,12,14). The number of pyridine rings is 1. The number of carbonyl (C=O) groups is 1. The summed E-state index contributed by atoms with van der Waals surface area (Å²) in [5.74, 6) is 0.306. The first-order chi connectivity index (χ1) is 7.25. The van der Waals surface area contributed by atoms with Gasteiger partial charge in [0.25, 0.3) is 5.91 Å². The SMILES string of the molecule is Cc1ccnc(NC(=O)c2ncn[nH]2)c1. The molecule has 2 rings (SSSR count). The van der Waals surface area contributed by atoms with Crippen molar-refractivity contribution in [3.05, 3.63) is 36.0 Å². The molecule has 1 amide bonds. The Kier molecular flexibility index (Phi) is 2.40. The molecular formula is C9H9N5O. The van der Waals surface area contributed by atoms with Crippen molar-refractivity contribution < 1.29 is 4.79 Å². The van der Waals surface area contributed by atoms with Gasteiger partial charge in [0.1, 0.15) is 12.1 Å². The average molecular weight is 203 g/mol. The second kappa shape index (κ2) is 3.87. The molecule has 0 saturated carbocycles. The van der Waals surface area contributed by atoms with Crippen LogP contribution in [0.2, 0.25) is 0 Å². The van der Waals surface area contributed by atoms with Crippen LogP contribution in [0.3, 0.4) is 0 Å². The normalized spacial score (nSPS) is 9.93. The topological polar surface area (TPSA) is 83.6 Å². The van der Waals surface area contributed by atoms with Gasteiger partial charge in [-0.05, 0) is 24.6 Å². The van der Waals surface area contributed by atoms with E-state index in [4.69, 9.17) is 0 Å². The van der Waals surface area contributed by atoms with E-state index in [2.05, 4.69) is 25.5 Å². The zero-order chi connectivity index (χ0) is 10.7. The molecule has 0 bridgehead atoms. The fraction of sp³-hybridized carbons (Fsp3) is 0.111. The average Bonchev–Trinajstić information content (AvgIpc) is 2.70. The molecule has 0 aliphatic carbocycles. The minimum atomic E-state index is -0.356. The summed E-state index contributed by atoms with van der Waals surface area (Å²) in [7, 11) is 0. The van der Waals surface area contributed by atoms with Crippen LogP contribution in [0, 0.1) is 6.92 Å². The van der Waals surface area contributed by atoms with E-state index in [1.807, 2.05) is 13.0 Å². The highest BCUT2D eigenvalue weighted by Gasteiger charge is 2.08. The van der Waals surface area contributed by atoms with Crippen LogP contribution in [0.4, 0.5) is 5.82 Å². The van der Waals surface area contributed by atoms with Gasteiger partial charge < -0.3 is 5.32 Å². The molecule has 0 aliphatic rings. The molecule has 76 valence electrons. The second-order valence-electron chi connectivity index (χ2n) is 3.01. The van der Waals surface area contributed by atoms with Crippen molar-refractivity contribution in [2.24, 2.45) is 0 Å². The molecule has 0 atom stereocenters. The summed E-state index contributed by atoms with van der Waals surface area (Å²) >= 11 is 0. The van der Waals surface area contributed by atoms with Crippen LogP contribution < -0.4 is 5.32 Å². The molecule has 15 heavy (non-hydrogen) atoms. The van der Waals surface area contributed by atoms with Crippen LogP contribution in [0.25, 0.3) is 0 Å². The Morgan fingerprint density at radius 3 is 3.00 bits per heavy atom. The molecule has 0 aliphatic heterocycles. The number of aromatic amines is 1. The number of nitrogens with one attached hydrogen (secondary N) is 2. The lowest BCUT2D eigenvalue weighted by molar-refractivity contribution is 0.101. The first-order valence-corrected chi connectivity index (χ1v) is 4.35. The summed E-state index contributed by atoms with van der Waals surface area (Å²) in [6.45, 7) is 1.92. The molecule has 0 radical (unpaired) electrons. The summed E-state index contributed by atoms with van der Waals surface area (Å²) in [4.78, 5) is 19.2. The summed E-state index contributed by atoms with van der Waals surface area (Å²) in [6, 6.07) is 3.62. The monoisotopic (exact) mass is 203 g/mol. The number of rotatable bonds is 2. The second-order valence-corrected chi connectivity index (χ2v) is 3.01. The van der Waals surface area contributed by atoms with E-state index in [0.29, 0.717) is 5.82 Å². The summed E-state index contributed by atoms with van der Waals surface area (Å²) in [6.07, 6.45) is 2.91. The van der Waals surface area contributed by atoms with Gasteiger partial charge in [0.2, 0.25) is 5.82 Å². The predicted molar refractivity (Wildman–Crippen MR) is 53.3 cm³/mol. The van der Waals surface area contributed by atoms with Crippen molar-refractivity contribution in [2.75, 3.05) is 5.32 Å². The molecule has 6 nitrogen and oxygen atoms in total. The van der Waals surface area contributed by atoms with Crippen molar-refractivity contribution in [3.8, 4) is 0 Å². The van der Waals surface area contributed by atoms with Gasteiger partial charge in [-0.2, -0.15) is 5.10 Å². The van der Waals surface area contributed by atoms with Crippen LogP contribution in [0.1, 0.15) is 16.2 Å². The zero-order valence-corrected chi connectivity index (χ0v) is 8.06. The minimum Gasteiger partial charge on any atom is -0.304 e. The van der Waals surface area contributed by atoms with Gasteiger partial charge in [-0.25, -0.2) is 9.97 Å². The largest absolute Gasteiger partial charge is 0.304 e. The first-order valence-electron chi connectivity index (χ1n) is 4.35. The van der Waals surface area contributed by atoms with Crippen molar-refractivity contribution >= 4 is 11.7 Å². The van der Waals surface area contributed by atoms with Gasteiger partial charge in [0.05, 0.1) is 0 Å². The number of carbonyl (C=O) groups excluding carboxylic acids is 1. The molecule has 6 heteroatoms. The Morgan fingerprint density at radius 1 is 1.47 bits per heavy atom. The number of hydrogen-bond acceptors (Lipinski definition) is 4. The third-order valence-corrected chi connectivity index (χ3v) is 1.79. The maximum absolute atomic E-state index is 11.5. The fourth-order valence-corrected chi connectivity index (χ4v) is 1.09. The number of aromatic nitrogens is 4. The van der Waals surface area contributed by atoms with Crippen LogP contribution in [0.5, 0.6) is 0 Å². The van der Waals surface area contributed by atoms with Gasteiger partial charge in [0.15, 0.2) is 0 Å². The van der Waals surface area contributed by atoms with E-state index in [-0.39, 0.29) is 11.7 Å². The molecule has 2 heterocycles. The number of aryl methyl sites for hydroxylation is 1. The number of nitrogens with zero attached hydrogens (tertiary/aromatic N) is 3. The van der Waals surface area contributed by atoms with Crippen molar-refractivity contribution in [3.63, 3.8) is 0 Å². The van der Waals surface area contributed by atoms with Crippen molar-refractivity contribution in [2.45, 2.75) is 6.92 Å². The van der Waals surface area contributed by atoms with E-state index < -0.39 is 0 Å². The van der Waals surface area contributed by atoms with E-state index in [1.54, 1.807) is 12.3 Å². The molecule has 2 N–H and O–H groups in total. The maximum atomic E-state index is 11.5. The Balaban J connectivity index is 2.13. The number of hydrogen-bond donors (Lipinski definition) is 2. The quantitative estimate of drug-likeness (QED) is 0.754. The molecule has 0 aromatic carbocycles. The van der Waals surface area contributed by atoms with Gasteiger partial charge >= 0.3 is 0 Å². The predicted octanol–water partition coefficient (Wildman–Crippen LogP) is 0.760. The van der Waals surface area contributed by atoms with Gasteiger partial charge in [0, 0.05) is 6.20 Å². The summed E-state index contributed by atoms with van der Waals surface area (Å²) < 4.78 is 0. The fourth-order valence-electron chi connectivity index (χ4n) is 1.09. The molecular weight excluding hydrogens is 194 g/mol. The summed E-state index contributed by atoms with van der Waals surface area (Å²) in [5.41, 5.74) is 1.03. The van der Waals surface area contributed by atoms with E-state index in [0.717, 1.165) is 5.56 Å². The van der Waals surface area contributed by atoms with E-state index >= 15 is 0 Å². The van der Waals surface area contributed by atoms with Gasteiger partial charge in [-0.3, -0.25) is 9.89 Å². The Bertz CT molecular complexity index is 465. The van der Waals surface area contributed by atoms with Crippen LogP contribution in [-0.2, 0) is 0 Å². The third-order valence-electron chi connectivity index (χ3n) is 1.79. The highest BCUT2D eigenvalue weighted by atomic mass is 16.2. The highest BCUT2D eigenvalue weighted by molar-refractivity contribution is 6.00.